The molecule has 71 heavy (non-hydrogen) atoms. The number of fused-ring (bicyclic) bond motifs is 12. The monoisotopic (exact) mass is 929 g/mol. The van der Waals surface area contributed by atoms with E-state index in [0.717, 1.165) is 97.7 Å². The van der Waals surface area contributed by atoms with Gasteiger partial charge in [-0.2, -0.15) is 0 Å². The molecule has 0 N–H and O–H groups in total. The van der Waals surface area contributed by atoms with Crippen molar-refractivity contribution in [2.24, 2.45) is 0 Å². The Bertz CT molecular complexity index is 4970. The van der Waals surface area contributed by atoms with E-state index in [0.29, 0.717) is 5.69 Å². The zero-order valence-electron chi connectivity index (χ0n) is 46.0. The fraction of sp³-hybridized carbons (Fsp3) is 0. The van der Waals surface area contributed by atoms with Gasteiger partial charge in [0.15, 0.2) is 8.07 Å². The van der Waals surface area contributed by atoms with Crippen LogP contribution in [-0.4, -0.2) is 21.8 Å². The Labute approximate surface area is 421 Å². The lowest BCUT2D eigenvalue weighted by atomic mass is 10.1. The predicted molar refractivity (Wildman–Crippen MR) is 300 cm³/mol. The summed E-state index contributed by atoms with van der Waals surface area (Å²) < 4.78 is 85.0. The SMILES string of the molecule is [2H]c1c([2H])c([2H])c2c(c1[2H])c1c([2H])c([2H])c([2H])c([2H])c1n2-c1cccc([Si](c2ccccc2)(c2ccccc2)c2cccc3c2c2ccccc2n3-c2cccc3c2c2ccccc2n3-c2ccc3oc4ccccc4c3c2)c1. The number of rotatable bonds is 7. The number of para-hydroxylation sites is 5. The molecule has 0 aliphatic heterocycles. The van der Waals surface area contributed by atoms with Gasteiger partial charge in [0, 0.05) is 54.5 Å². The maximum Gasteiger partial charge on any atom is 0.180 e. The molecular formula is C66H43N3OSi. The van der Waals surface area contributed by atoms with Crippen LogP contribution in [0.4, 0.5) is 0 Å². The van der Waals surface area contributed by atoms with E-state index in [9.17, 15) is 5.48 Å². The van der Waals surface area contributed by atoms with E-state index in [1.54, 1.807) is 4.57 Å². The maximum atomic E-state index is 9.38. The van der Waals surface area contributed by atoms with Gasteiger partial charge >= 0.3 is 0 Å². The molecule has 15 rings (SSSR count). The highest BCUT2D eigenvalue weighted by Crippen LogP contribution is 2.41. The van der Waals surface area contributed by atoms with Crippen LogP contribution >= 0.6 is 0 Å². The Morgan fingerprint density at radius 2 is 0.831 bits per heavy atom. The molecule has 0 saturated heterocycles. The number of furan rings is 1. The maximum absolute atomic E-state index is 9.38. The fourth-order valence-electron chi connectivity index (χ4n) is 11.8. The summed E-state index contributed by atoms with van der Waals surface area (Å²) in [6.07, 6.45) is 0. The van der Waals surface area contributed by atoms with Crippen LogP contribution in [0.3, 0.4) is 0 Å². The summed E-state index contributed by atoms with van der Waals surface area (Å²) in [7, 11) is -3.55. The van der Waals surface area contributed by atoms with E-state index in [-0.39, 0.29) is 46.0 Å². The average Bonchev–Trinajstić information content (AvgIpc) is 3.50. The molecule has 5 heteroatoms. The summed E-state index contributed by atoms with van der Waals surface area (Å²) in [6, 6.07) is 71.0. The van der Waals surface area contributed by atoms with Crippen molar-refractivity contribution < 1.29 is 15.4 Å². The smallest absolute Gasteiger partial charge is 0.180 e. The van der Waals surface area contributed by atoms with Crippen LogP contribution in [0, 0.1) is 0 Å². The topological polar surface area (TPSA) is 27.9 Å². The van der Waals surface area contributed by atoms with Crippen molar-refractivity contribution in [3.63, 3.8) is 0 Å². The molecule has 0 amide bonds. The molecule has 11 aromatic carbocycles. The highest BCUT2D eigenvalue weighted by Gasteiger charge is 2.43. The van der Waals surface area contributed by atoms with Crippen LogP contribution in [0.25, 0.3) is 104 Å². The van der Waals surface area contributed by atoms with Gasteiger partial charge in [0.25, 0.3) is 0 Å². The number of nitrogens with zero attached hydrogens (tertiary/aromatic N) is 3. The number of benzene rings is 11. The summed E-state index contributed by atoms with van der Waals surface area (Å²) in [4.78, 5) is 0. The summed E-state index contributed by atoms with van der Waals surface area (Å²) in [5.74, 6) is 0. The average molecular weight is 930 g/mol. The first-order valence-corrected chi connectivity index (χ1v) is 25.8. The van der Waals surface area contributed by atoms with Crippen molar-refractivity contribution in [2.75, 3.05) is 0 Å². The first-order chi connectivity index (χ1) is 38.6. The highest BCUT2D eigenvalue weighted by atomic mass is 28.3. The molecule has 0 unspecified atom stereocenters. The minimum absolute atomic E-state index is 0.0383. The van der Waals surface area contributed by atoms with E-state index in [2.05, 4.69) is 179 Å². The van der Waals surface area contributed by atoms with Crippen molar-refractivity contribution >= 4 is 116 Å². The second-order valence-corrected chi connectivity index (χ2v) is 21.9. The van der Waals surface area contributed by atoms with Gasteiger partial charge in [-0.3, -0.25) is 0 Å². The molecule has 0 bridgehead atoms. The summed E-state index contributed by atoms with van der Waals surface area (Å²) in [6.45, 7) is 0. The van der Waals surface area contributed by atoms with Crippen molar-refractivity contribution in [3.8, 4) is 17.1 Å². The van der Waals surface area contributed by atoms with Gasteiger partial charge in [-0.1, -0.05) is 182 Å². The van der Waals surface area contributed by atoms with Crippen molar-refractivity contribution in [3.05, 3.63) is 261 Å². The van der Waals surface area contributed by atoms with Crippen LogP contribution in [0.2, 0.25) is 0 Å². The zero-order chi connectivity index (χ0) is 53.6. The van der Waals surface area contributed by atoms with Crippen LogP contribution in [-0.2, 0) is 0 Å². The Balaban J connectivity index is 1.04. The van der Waals surface area contributed by atoms with Crippen molar-refractivity contribution in [1.82, 2.24) is 13.7 Å². The minimum Gasteiger partial charge on any atom is -0.456 e. The number of hydrogen-bond donors (Lipinski definition) is 0. The lowest BCUT2D eigenvalue weighted by Crippen LogP contribution is -2.74. The molecule has 0 aliphatic carbocycles. The first kappa shape index (κ1) is 32.6. The van der Waals surface area contributed by atoms with Gasteiger partial charge in [-0.15, -0.1) is 0 Å². The van der Waals surface area contributed by atoms with Gasteiger partial charge in [-0.25, -0.2) is 0 Å². The molecule has 0 spiro atoms. The van der Waals surface area contributed by atoms with E-state index in [1.165, 1.54) is 0 Å². The second kappa shape index (κ2) is 15.4. The Morgan fingerprint density at radius 3 is 1.55 bits per heavy atom. The number of aromatic nitrogens is 3. The molecule has 0 atom stereocenters. The minimum atomic E-state index is -3.55. The lowest BCUT2D eigenvalue weighted by molar-refractivity contribution is 0.669. The molecule has 15 aromatic rings. The van der Waals surface area contributed by atoms with Crippen LogP contribution < -0.4 is 20.7 Å². The Kier molecular flexibility index (Phi) is 7.07. The molecule has 0 radical (unpaired) electrons. The van der Waals surface area contributed by atoms with Gasteiger partial charge < -0.3 is 18.1 Å². The molecule has 4 nitrogen and oxygen atoms in total. The summed E-state index contributed by atoms with van der Waals surface area (Å²) >= 11 is 0. The van der Waals surface area contributed by atoms with Gasteiger partial charge in [-0.05, 0) is 99.6 Å². The normalized spacial score (nSPS) is 13.8. The summed E-state index contributed by atoms with van der Waals surface area (Å²) in [5.41, 5.74) is 8.57. The molecule has 4 aromatic heterocycles. The lowest BCUT2D eigenvalue weighted by Gasteiger charge is -2.35. The quantitative estimate of drug-likeness (QED) is 0.116. The zero-order valence-corrected chi connectivity index (χ0v) is 39.0. The second-order valence-electron chi connectivity index (χ2n) is 18.2. The third-order valence-electron chi connectivity index (χ3n) is 14.6. The number of hydrogen-bond acceptors (Lipinski definition) is 1. The van der Waals surface area contributed by atoms with Crippen LogP contribution in [0.1, 0.15) is 11.0 Å². The summed E-state index contributed by atoms with van der Waals surface area (Å²) in [5, 5.41) is 10.8. The largest absolute Gasteiger partial charge is 0.456 e. The van der Waals surface area contributed by atoms with Gasteiger partial charge in [0.05, 0.1) is 49.8 Å². The van der Waals surface area contributed by atoms with E-state index < -0.39 is 32.2 Å². The third kappa shape index (κ3) is 5.66. The van der Waals surface area contributed by atoms with Crippen molar-refractivity contribution in [1.29, 1.82) is 0 Å². The molecule has 0 saturated carbocycles. The van der Waals surface area contributed by atoms with E-state index >= 15 is 0 Å². The Morgan fingerprint density at radius 1 is 0.324 bits per heavy atom. The molecular weight excluding hydrogens is 879 g/mol. The van der Waals surface area contributed by atoms with Crippen LogP contribution in [0.15, 0.2) is 265 Å². The molecule has 4 heterocycles. The van der Waals surface area contributed by atoms with Crippen LogP contribution in [0.5, 0.6) is 0 Å². The Hall–Kier alpha value is -9.16. The van der Waals surface area contributed by atoms with E-state index in [4.69, 9.17) is 9.90 Å². The predicted octanol–water partition coefficient (Wildman–Crippen LogP) is 14.3. The molecule has 0 aliphatic rings. The van der Waals surface area contributed by atoms with E-state index in [1.807, 2.05) is 42.5 Å². The van der Waals surface area contributed by atoms with Gasteiger partial charge in [0.1, 0.15) is 11.2 Å². The molecule has 332 valence electrons. The molecule has 0 fully saturated rings. The highest BCUT2D eigenvalue weighted by molar-refractivity contribution is 7.20. The van der Waals surface area contributed by atoms with Gasteiger partial charge in [0.2, 0.25) is 0 Å². The first-order valence-electron chi connectivity index (χ1n) is 27.8. The fourth-order valence-corrected chi connectivity index (χ4v) is 16.8. The van der Waals surface area contributed by atoms with Crippen molar-refractivity contribution in [2.45, 2.75) is 0 Å². The third-order valence-corrected chi connectivity index (χ3v) is 19.4. The standard InChI is InChI=1S/C66H43N3OSi/c1-3-21-46(22-4-1)71(47-23-5-2-6-24-47,48-25-17-20-44(42-48)67-55-31-12-7-26-49(55)50-27-8-13-32-56(50)67)64-39-19-37-61-66(64)53-30-10-15-34-58(53)69(61)60-36-18-35-59-65(60)52-29-9-14-33-57(52)68(59)45-40-41-63-54(43-45)51-28-11-16-38-62(51)70-63/h1-43H/i7D,8D,12D,13D,26D,27D,31D,32D.